The van der Waals surface area contributed by atoms with E-state index in [-0.39, 0.29) is 11.2 Å². The Morgan fingerprint density at radius 2 is 1.68 bits per heavy atom. The number of nitrogens with one attached hydrogen (secondary N) is 1. The fourth-order valence-corrected chi connectivity index (χ4v) is 3.01. The van der Waals surface area contributed by atoms with Gasteiger partial charge in [-0.25, -0.2) is 0 Å². The van der Waals surface area contributed by atoms with Gasteiger partial charge in [-0.3, -0.25) is 4.79 Å². The summed E-state index contributed by atoms with van der Waals surface area (Å²) in [6, 6.07) is 14.5. The molecule has 0 aliphatic rings. The predicted molar refractivity (Wildman–Crippen MR) is 96.5 cm³/mol. The fraction of sp³-hybridized carbons (Fsp3) is 0.316. The number of hydrogen-bond donors (Lipinski definition) is 1. The molecule has 2 aromatic rings. The Labute approximate surface area is 137 Å². The first-order valence-electron chi connectivity index (χ1n) is 7.51. The van der Waals surface area contributed by atoms with Gasteiger partial charge in [0.2, 0.25) is 5.91 Å². The first-order valence-corrected chi connectivity index (χ1v) is 8.56. The number of carbonyl (C=O) groups is 1. The number of hydrogen-bond acceptors (Lipinski definition) is 2. The van der Waals surface area contributed by atoms with Crippen LogP contribution in [0.25, 0.3) is 0 Å². The third kappa shape index (κ3) is 4.63. The van der Waals surface area contributed by atoms with Crippen molar-refractivity contribution in [3.63, 3.8) is 0 Å². The monoisotopic (exact) mass is 313 g/mol. The van der Waals surface area contributed by atoms with Crippen molar-refractivity contribution >= 4 is 23.4 Å². The van der Waals surface area contributed by atoms with Crippen molar-refractivity contribution in [2.45, 2.75) is 38.7 Å². The van der Waals surface area contributed by atoms with Gasteiger partial charge in [0.1, 0.15) is 0 Å². The van der Waals surface area contributed by atoms with Gasteiger partial charge in [0, 0.05) is 11.4 Å². The molecule has 2 aromatic carbocycles. The molecular formula is C19H23NOS. The number of aryl methyl sites for hydroxylation is 3. The SMILES string of the molecule is Cc1ccc(CSC(C)C(=O)Nc2ccc(C)cc2C)cc1. The van der Waals surface area contributed by atoms with Gasteiger partial charge in [-0.05, 0) is 44.9 Å². The maximum Gasteiger partial charge on any atom is 0.237 e. The topological polar surface area (TPSA) is 29.1 Å². The Hall–Kier alpha value is -1.74. The number of benzene rings is 2. The molecular weight excluding hydrogens is 290 g/mol. The second kappa shape index (κ2) is 7.50. The average molecular weight is 313 g/mol. The molecule has 0 aliphatic carbocycles. The maximum atomic E-state index is 12.3. The highest BCUT2D eigenvalue weighted by Gasteiger charge is 2.14. The largest absolute Gasteiger partial charge is 0.325 e. The molecule has 0 fully saturated rings. The van der Waals surface area contributed by atoms with Crippen LogP contribution in [0.2, 0.25) is 0 Å². The summed E-state index contributed by atoms with van der Waals surface area (Å²) in [5, 5.41) is 2.94. The van der Waals surface area contributed by atoms with Crippen LogP contribution in [0.3, 0.4) is 0 Å². The lowest BCUT2D eigenvalue weighted by Gasteiger charge is -2.14. The van der Waals surface area contributed by atoms with E-state index in [1.807, 2.05) is 26.0 Å². The molecule has 0 saturated heterocycles. The zero-order valence-corrected chi connectivity index (χ0v) is 14.5. The van der Waals surface area contributed by atoms with Gasteiger partial charge in [0.05, 0.1) is 5.25 Å². The zero-order chi connectivity index (χ0) is 16.1. The molecule has 0 aliphatic heterocycles. The summed E-state index contributed by atoms with van der Waals surface area (Å²) in [4.78, 5) is 12.3. The molecule has 0 saturated carbocycles. The number of thioether (sulfide) groups is 1. The van der Waals surface area contributed by atoms with Crippen molar-refractivity contribution in [3.05, 3.63) is 64.7 Å². The van der Waals surface area contributed by atoms with Crippen molar-refractivity contribution in [2.75, 3.05) is 5.32 Å². The molecule has 1 atom stereocenters. The minimum Gasteiger partial charge on any atom is -0.325 e. The smallest absolute Gasteiger partial charge is 0.237 e. The molecule has 0 aromatic heterocycles. The van der Waals surface area contributed by atoms with Crippen molar-refractivity contribution < 1.29 is 4.79 Å². The van der Waals surface area contributed by atoms with Crippen molar-refractivity contribution in [2.24, 2.45) is 0 Å². The van der Waals surface area contributed by atoms with E-state index in [1.165, 1.54) is 16.7 Å². The van der Waals surface area contributed by atoms with Crippen molar-refractivity contribution in [1.29, 1.82) is 0 Å². The fourth-order valence-electron chi connectivity index (χ4n) is 2.17. The quantitative estimate of drug-likeness (QED) is 0.853. The Kier molecular flexibility index (Phi) is 5.67. The van der Waals surface area contributed by atoms with Crippen LogP contribution < -0.4 is 5.32 Å². The first-order chi connectivity index (χ1) is 10.5. The summed E-state index contributed by atoms with van der Waals surface area (Å²) < 4.78 is 0. The van der Waals surface area contributed by atoms with Crippen molar-refractivity contribution in [1.82, 2.24) is 0 Å². The lowest BCUT2D eigenvalue weighted by atomic mass is 10.1. The maximum absolute atomic E-state index is 12.3. The normalized spacial score (nSPS) is 12.0. The van der Waals surface area contributed by atoms with Crippen LogP contribution in [0.4, 0.5) is 5.69 Å². The molecule has 22 heavy (non-hydrogen) atoms. The summed E-state index contributed by atoms with van der Waals surface area (Å²) in [5.41, 5.74) is 5.72. The summed E-state index contributed by atoms with van der Waals surface area (Å²) in [6.45, 7) is 8.11. The average Bonchev–Trinajstić information content (AvgIpc) is 2.49. The minimum atomic E-state index is -0.0815. The van der Waals surface area contributed by atoms with Gasteiger partial charge in [-0.1, -0.05) is 47.5 Å². The summed E-state index contributed by atoms with van der Waals surface area (Å²) in [5.74, 6) is 0.908. The Morgan fingerprint density at radius 1 is 1.05 bits per heavy atom. The molecule has 2 nitrogen and oxygen atoms in total. The molecule has 2 rings (SSSR count). The van der Waals surface area contributed by atoms with E-state index in [0.717, 1.165) is 17.0 Å². The molecule has 0 heterocycles. The van der Waals surface area contributed by atoms with Gasteiger partial charge in [-0.2, -0.15) is 0 Å². The van der Waals surface area contributed by atoms with E-state index in [2.05, 4.69) is 49.5 Å². The van der Waals surface area contributed by atoms with Crippen LogP contribution in [0, 0.1) is 20.8 Å². The van der Waals surface area contributed by atoms with Crippen LogP contribution >= 0.6 is 11.8 Å². The summed E-state index contributed by atoms with van der Waals surface area (Å²) >= 11 is 1.66. The molecule has 1 N–H and O–H groups in total. The molecule has 3 heteroatoms. The molecule has 0 bridgehead atoms. The van der Waals surface area contributed by atoms with Crippen LogP contribution in [0.15, 0.2) is 42.5 Å². The van der Waals surface area contributed by atoms with Gasteiger partial charge in [-0.15, -0.1) is 11.8 Å². The second-order valence-corrected chi connectivity index (χ2v) is 7.08. The van der Waals surface area contributed by atoms with Crippen LogP contribution in [-0.4, -0.2) is 11.2 Å². The number of anilines is 1. The lowest BCUT2D eigenvalue weighted by molar-refractivity contribution is -0.115. The van der Waals surface area contributed by atoms with E-state index in [1.54, 1.807) is 11.8 Å². The van der Waals surface area contributed by atoms with E-state index < -0.39 is 0 Å². The highest BCUT2D eigenvalue weighted by Crippen LogP contribution is 2.21. The van der Waals surface area contributed by atoms with Crippen LogP contribution in [0.5, 0.6) is 0 Å². The standard InChI is InChI=1S/C19H23NOS/c1-13-5-8-17(9-6-13)12-22-16(4)19(21)20-18-10-7-14(2)11-15(18)3/h5-11,16H,12H2,1-4H3,(H,20,21). The third-order valence-electron chi connectivity index (χ3n) is 3.63. The van der Waals surface area contributed by atoms with Gasteiger partial charge < -0.3 is 5.32 Å². The highest BCUT2D eigenvalue weighted by atomic mass is 32.2. The molecule has 1 amide bonds. The predicted octanol–water partition coefficient (Wildman–Crippen LogP) is 4.87. The van der Waals surface area contributed by atoms with Crippen molar-refractivity contribution in [3.8, 4) is 0 Å². The van der Waals surface area contributed by atoms with E-state index >= 15 is 0 Å². The first kappa shape index (κ1) is 16.6. The van der Waals surface area contributed by atoms with Gasteiger partial charge in [0.25, 0.3) is 0 Å². The van der Waals surface area contributed by atoms with Crippen LogP contribution in [-0.2, 0) is 10.5 Å². The summed E-state index contributed by atoms with van der Waals surface area (Å²) in [6.07, 6.45) is 0. The van der Waals surface area contributed by atoms with Crippen LogP contribution in [0.1, 0.15) is 29.2 Å². The van der Waals surface area contributed by atoms with Gasteiger partial charge in [0.15, 0.2) is 0 Å². The second-order valence-electron chi connectivity index (χ2n) is 5.75. The minimum absolute atomic E-state index is 0.0593. The third-order valence-corrected chi connectivity index (χ3v) is 4.84. The molecule has 116 valence electrons. The number of amides is 1. The number of carbonyl (C=O) groups excluding carboxylic acids is 1. The van der Waals surface area contributed by atoms with E-state index in [9.17, 15) is 4.79 Å². The number of rotatable bonds is 5. The Bertz CT molecular complexity index is 649. The Balaban J connectivity index is 1.90. The zero-order valence-electron chi connectivity index (χ0n) is 13.6. The highest BCUT2D eigenvalue weighted by molar-refractivity contribution is 7.99. The molecule has 1 unspecified atom stereocenters. The molecule has 0 spiro atoms. The lowest BCUT2D eigenvalue weighted by Crippen LogP contribution is -2.23. The summed E-state index contributed by atoms with van der Waals surface area (Å²) in [7, 11) is 0. The van der Waals surface area contributed by atoms with E-state index in [4.69, 9.17) is 0 Å². The van der Waals surface area contributed by atoms with Gasteiger partial charge >= 0.3 is 0 Å². The van der Waals surface area contributed by atoms with E-state index in [0.29, 0.717) is 0 Å². The molecule has 0 radical (unpaired) electrons. The Morgan fingerprint density at radius 3 is 2.32 bits per heavy atom.